The third-order valence-corrected chi connectivity index (χ3v) is 3.52. The van der Waals surface area contributed by atoms with Crippen LogP contribution in [0, 0.1) is 5.41 Å². The normalized spacial score (nSPS) is 34.6. The molecule has 0 aromatic heterocycles. The minimum atomic E-state index is -0.441. The Morgan fingerprint density at radius 2 is 1.94 bits per heavy atom. The van der Waals surface area contributed by atoms with E-state index in [1.807, 2.05) is 0 Å². The maximum Gasteiger partial charge on any atom is 0.0752 e. The van der Waals surface area contributed by atoms with Gasteiger partial charge in [0.1, 0.15) is 0 Å². The van der Waals surface area contributed by atoms with Crippen molar-refractivity contribution >= 4 is 0 Å². The molecule has 2 heteroatoms. The Bertz CT molecular complexity index is 302. The topological polar surface area (TPSA) is 40.5 Å². The SMILES string of the molecule is C=C1CC/C=C(\C)C[C@H](O)CC(C)(C)C[C@H]1O. The summed E-state index contributed by atoms with van der Waals surface area (Å²) < 4.78 is 0. The minimum absolute atomic E-state index is 0.0492. The van der Waals surface area contributed by atoms with Gasteiger partial charge in [0.05, 0.1) is 12.2 Å². The highest BCUT2D eigenvalue weighted by molar-refractivity contribution is 5.08. The molecule has 0 aromatic carbocycles. The summed E-state index contributed by atoms with van der Waals surface area (Å²) >= 11 is 0. The molecule has 2 atom stereocenters. The molecule has 2 nitrogen and oxygen atoms in total. The summed E-state index contributed by atoms with van der Waals surface area (Å²) in [5, 5.41) is 20.1. The van der Waals surface area contributed by atoms with E-state index in [0.29, 0.717) is 6.42 Å². The molecule has 0 amide bonds. The number of hydrogen-bond donors (Lipinski definition) is 2. The number of hydrogen-bond acceptors (Lipinski definition) is 2. The van der Waals surface area contributed by atoms with Gasteiger partial charge in [0.15, 0.2) is 0 Å². The minimum Gasteiger partial charge on any atom is -0.393 e. The molecule has 1 rings (SSSR count). The lowest BCUT2D eigenvalue weighted by molar-refractivity contribution is 0.0780. The van der Waals surface area contributed by atoms with Gasteiger partial charge in [-0.2, -0.15) is 0 Å². The second kappa shape index (κ2) is 5.83. The Morgan fingerprint density at radius 1 is 1.29 bits per heavy atom. The molecule has 0 fully saturated rings. The van der Waals surface area contributed by atoms with Crippen molar-refractivity contribution in [1.29, 1.82) is 0 Å². The molecule has 0 spiro atoms. The van der Waals surface area contributed by atoms with Gasteiger partial charge < -0.3 is 10.2 Å². The zero-order chi connectivity index (χ0) is 13.1. The Kier molecular flexibility index (Phi) is 4.96. The fourth-order valence-corrected chi connectivity index (χ4v) is 2.59. The van der Waals surface area contributed by atoms with Crippen molar-refractivity contribution in [2.75, 3.05) is 0 Å². The molecule has 2 N–H and O–H groups in total. The van der Waals surface area contributed by atoms with E-state index in [9.17, 15) is 10.2 Å². The molecular formula is C15H26O2. The fraction of sp³-hybridized carbons (Fsp3) is 0.733. The average Bonchev–Trinajstić information content (AvgIpc) is 2.14. The Labute approximate surface area is 105 Å². The van der Waals surface area contributed by atoms with E-state index in [1.54, 1.807) is 0 Å². The van der Waals surface area contributed by atoms with E-state index >= 15 is 0 Å². The number of aliphatic hydroxyl groups is 2. The van der Waals surface area contributed by atoms with E-state index in [0.717, 1.165) is 31.3 Å². The van der Waals surface area contributed by atoms with Crippen molar-refractivity contribution < 1.29 is 10.2 Å². The quantitative estimate of drug-likeness (QED) is 0.636. The smallest absolute Gasteiger partial charge is 0.0752 e. The van der Waals surface area contributed by atoms with Gasteiger partial charge in [-0.05, 0) is 50.0 Å². The molecule has 0 unspecified atom stereocenters. The first-order valence-electron chi connectivity index (χ1n) is 6.49. The molecule has 98 valence electrons. The molecule has 0 radical (unpaired) electrons. The summed E-state index contributed by atoms with van der Waals surface area (Å²) in [6.07, 6.45) is 5.30. The predicted molar refractivity (Wildman–Crippen MR) is 71.8 cm³/mol. The molecule has 1 aliphatic rings. The first-order valence-corrected chi connectivity index (χ1v) is 6.49. The Morgan fingerprint density at radius 3 is 2.59 bits per heavy atom. The maximum atomic E-state index is 10.1. The first-order chi connectivity index (χ1) is 7.80. The van der Waals surface area contributed by atoms with Crippen LogP contribution in [-0.4, -0.2) is 22.4 Å². The van der Waals surface area contributed by atoms with Crippen LogP contribution in [0.5, 0.6) is 0 Å². The van der Waals surface area contributed by atoms with E-state index in [2.05, 4.69) is 33.4 Å². The van der Waals surface area contributed by atoms with Crippen LogP contribution in [0.1, 0.15) is 52.9 Å². The second-order valence-electron chi connectivity index (χ2n) is 6.19. The monoisotopic (exact) mass is 238 g/mol. The van der Waals surface area contributed by atoms with E-state index in [1.165, 1.54) is 5.57 Å². The van der Waals surface area contributed by atoms with Gasteiger partial charge in [0.2, 0.25) is 0 Å². The van der Waals surface area contributed by atoms with Gasteiger partial charge in [-0.25, -0.2) is 0 Å². The number of allylic oxidation sites excluding steroid dienone is 1. The lowest BCUT2D eigenvalue weighted by Gasteiger charge is -2.30. The predicted octanol–water partition coefficient (Wildman–Crippen LogP) is 3.20. The van der Waals surface area contributed by atoms with Crippen molar-refractivity contribution in [2.45, 2.75) is 65.1 Å². The average molecular weight is 238 g/mol. The van der Waals surface area contributed by atoms with Crippen molar-refractivity contribution in [1.82, 2.24) is 0 Å². The highest BCUT2D eigenvalue weighted by atomic mass is 16.3. The summed E-state index contributed by atoms with van der Waals surface area (Å²) in [7, 11) is 0. The molecule has 0 aromatic rings. The summed E-state index contributed by atoms with van der Waals surface area (Å²) in [4.78, 5) is 0. The number of rotatable bonds is 0. The van der Waals surface area contributed by atoms with Gasteiger partial charge in [-0.3, -0.25) is 0 Å². The van der Waals surface area contributed by atoms with Gasteiger partial charge >= 0.3 is 0 Å². The summed E-state index contributed by atoms with van der Waals surface area (Å²) in [6, 6.07) is 0. The van der Waals surface area contributed by atoms with Crippen LogP contribution in [-0.2, 0) is 0 Å². The molecule has 0 bridgehead atoms. The second-order valence-corrected chi connectivity index (χ2v) is 6.19. The standard InChI is InChI=1S/C15H26O2/c1-11-6-5-7-12(2)14(17)10-15(3,4)9-13(16)8-11/h6,13-14,16-17H,2,5,7-10H2,1,3-4H3/b11-6+/t13-,14+/m0/s1. The molecule has 0 aliphatic heterocycles. The van der Waals surface area contributed by atoms with E-state index in [-0.39, 0.29) is 11.5 Å². The van der Waals surface area contributed by atoms with Crippen molar-refractivity contribution in [3.05, 3.63) is 23.8 Å². The highest BCUT2D eigenvalue weighted by Crippen LogP contribution is 2.33. The fourth-order valence-electron chi connectivity index (χ4n) is 2.59. The van der Waals surface area contributed by atoms with Crippen LogP contribution < -0.4 is 0 Å². The summed E-state index contributed by atoms with van der Waals surface area (Å²) in [5.41, 5.74) is 2.10. The Balaban J connectivity index is 2.81. The van der Waals surface area contributed by atoms with E-state index < -0.39 is 6.10 Å². The van der Waals surface area contributed by atoms with Crippen LogP contribution in [0.15, 0.2) is 23.8 Å². The van der Waals surface area contributed by atoms with Crippen LogP contribution in [0.25, 0.3) is 0 Å². The van der Waals surface area contributed by atoms with E-state index in [4.69, 9.17) is 0 Å². The lowest BCUT2D eigenvalue weighted by atomic mass is 9.79. The summed E-state index contributed by atoms with van der Waals surface area (Å²) in [5.74, 6) is 0. The van der Waals surface area contributed by atoms with Crippen LogP contribution in [0.4, 0.5) is 0 Å². The van der Waals surface area contributed by atoms with Crippen molar-refractivity contribution in [3.8, 4) is 0 Å². The largest absolute Gasteiger partial charge is 0.393 e. The molecule has 0 saturated heterocycles. The summed E-state index contributed by atoms with van der Waals surface area (Å²) in [6.45, 7) is 10.2. The number of aliphatic hydroxyl groups excluding tert-OH is 2. The Hall–Kier alpha value is -0.600. The lowest BCUT2D eigenvalue weighted by Crippen LogP contribution is -2.26. The van der Waals surface area contributed by atoms with Crippen LogP contribution in [0.3, 0.4) is 0 Å². The van der Waals surface area contributed by atoms with Crippen molar-refractivity contribution in [3.63, 3.8) is 0 Å². The molecular weight excluding hydrogens is 212 g/mol. The zero-order valence-electron chi connectivity index (χ0n) is 11.4. The molecule has 17 heavy (non-hydrogen) atoms. The van der Waals surface area contributed by atoms with Crippen LogP contribution in [0.2, 0.25) is 0 Å². The third kappa shape index (κ3) is 5.05. The zero-order valence-corrected chi connectivity index (χ0v) is 11.4. The van der Waals surface area contributed by atoms with Crippen LogP contribution >= 0.6 is 0 Å². The van der Waals surface area contributed by atoms with Crippen molar-refractivity contribution in [2.24, 2.45) is 5.41 Å². The highest BCUT2D eigenvalue weighted by Gasteiger charge is 2.27. The maximum absolute atomic E-state index is 10.1. The van der Waals surface area contributed by atoms with Gasteiger partial charge in [-0.15, -0.1) is 0 Å². The van der Waals surface area contributed by atoms with Gasteiger partial charge in [0, 0.05) is 0 Å². The third-order valence-electron chi connectivity index (χ3n) is 3.52. The van der Waals surface area contributed by atoms with Gasteiger partial charge in [-0.1, -0.05) is 32.1 Å². The first kappa shape index (κ1) is 14.5. The molecule has 1 aliphatic carbocycles. The molecule has 0 heterocycles. The van der Waals surface area contributed by atoms with Gasteiger partial charge in [0.25, 0.3) is 0 Å². The molecule has 0 saturated carbocycles.